The summed E-state index contributed by atoms with van der Waals surface area (Å²) in [6, 6.07) is 0.174. The predicted octanol–water partition coefficient (Wildman–Crippen LogP) is 2.41. The van der Waals surface area contributed by atoms with Crippen molar-refractivity contribution in [2.75, 3.05) is 31.9 Å². The Morgan fingerprint density at radius 3 is 2.00 bits per heavy atom. The van der Waals surface area contributed by atoms with Crippen molar-refractivity contribution < 1.29 is 13.2 Å². The van der Waals surface area contributed by atoms with Gasteiger partial charge in [0.05, 0.1) is 5.75 Å². The highest BCUT2D eigenvalue weighted by Crippen LogP contribution is 2.56. The first-order valence-corrected chi connectivity index (χ1v) is 14.0. The number of H-pyrrole nitrogens is 1. The molecule has 9 nitrogen and oxygen atoms in total. The average molecular weight is 477 g/mol. The molecule has 5 aliphatic rings. The highest BCUT2D eigenvalue weighted by atomic mass is 32.2. The van der Waals surface area contributed by atoms with E-state index in [0.29, 0.717) is 11.8 Å². The van der Waals surface area contributed by atoms with Gasteiger partial charge in [0.15, 0.2) is 0 Å². The van der Waals surface area contributed by atoms with Crippen LogP contribution < -0.4 is 4.72 Å². The molecule has 0 unspecified atom stereocenters. The van der Waals surface area contributed by atoms with Gasteiger partial charge in [-0.2, -0.15) is 0 Å². The molecule has 3 heterocycles. The third kappa shape index (κ3) is 4.07. The zero-order chi connectivity index (χ0) is 23.2. The van der Waals surface area contributed by atoms with Gasteiger partial charge < -0.3 is 14.8 Å². The number of hydrogen-bond acceptors (Lipinski definition) is 5. The maximum Gasteiger partial charge on any atom is 0.320 e. The van der Waals surface area contributed by atoms with E-state index >= 15 is 0 Å². The normalized spacial score (nSPS) is 26.6. The number of likely N-dealkylation sites (tertiary alicyclic amines) is 2. The van der Waals surface area contributed by atoms with E-state index in [1.165, 1.54) is 12.8 Å². The molecule has 1 aromatic rings. The van der Waals surface area contributed by atoms with Gasteiger partial charge in [-0.25, -0.2) is 17.9 Å². The third-order valence-electron chi connectivity index (χ3n) is 8.21. The van der Waals surface area contributed by atoms with Crippen LogP contribution in [0.2, 0.25) is 0 Å². The lowest BCUT2D eigenvalue weighted by molar-refractivity contribution is -0.0903. The molecule has 182 valence electrons. The fourth-order valence-electron chi connectivity index (χ4n) is 6.64. The van der Waals surface area contributed by atoms with Gasteiger partial charge in [-0.05, 0) is 43.9 Å². The van der Waals surface area contributed by atoms with Crippen LogP contribution in [0.15, 0.2) is 0 Å². The van der Waals surface area contributed by atoms with E-state index < -0.39 is 10.0 Å². The molecule has 0 bridgehead atoms. The molecule has 10 heteroatoms. The van der Waals surface area contributed by atoms with Crippen LogP contribution in [0.25, 0.3) is 0 Å². The molecule has 1 aromatic heterocycles. The summed E-state index contributed by atoms with van der Waals surface area (Å²) in [5.74, 6) is 3.30. The number of aromatic nitrogens is 3. The molecule has 3 saturated carbocycles. The highest BCUT2D eigenvalue weighted by molar-refractivity contribution is 7.89. The van der Waals surface area contributed by atoms with Crippen molar-refractivity contribution in [3.05, 3.63) is 11.6 Å². The van der Waals surface area contributed by atoms with Crippen LogP contribution in [-0.4, -0.2) is 77.4 Å². The zero-order valence-corrected chi connectivity index (χ0v) is 20.7. The third-order valence-corrected chi connectivity index (χ3v) is 10.1. The number of amides is 2. The second-order valence-corrected chi connectivity index (χ2v) is 14.8. The van der Waals surface area contributed by atoms with Crippen molar-refractivity contribution in [2.45, 2.75) is 77.2 Å². The Labute approximate surface area is 196 Å². The van der Waals surface area contributed by atoms with E-state index in [1.54, 1.807) is 0 Å². The van der Waals surface area contributed by atoms with Crippen molar-refractivity contribution in [3.8, 4) is 0 Å². The molecule has 6 rings (SSSR count). The summed E-state index contributed by atoms with van der Waals surface area (Å²) in [6.07, 6.45) is 6.32. The Kier molecular flexibility index (Phi) is 4.58. The summed E-state index contributed by atoms with van der Waals surface area (Å²) in [5.41, 5.74) is 0.152. The molecule has 0 aromatic carbocycles. The standard InChI is InChI=1S/C23H36N6O3S/c1-21(2,3)14-33(31,32)27-17-8-23(9-17)12-29(13-23)20(30)28-10-22(11-28)6-16(7-22)19-24-18(25-26-19)15-4-5-15/h15-17,27H,4-14H2,1-3H3,(H,24,25,26). The maximum absolute atomic E-state index is 12.9. The first-order chi connectivity index (χ1) is 15.4. The SMILES string of the molecule is CC(C)(C)CS(=O)(=O)NC1CC2(C1)CN(C(=O)N1CC3(CC(c4nnc(C5CC5)[nH]4)C3)C1)C2. The van der Waals surface area contributed by atoms with Crippen LogP contribution in [0, 0.1) is 16.2 Å². The van der Waals surface area contributed by atoms with E-state index in [1.807, 2.05) is 30.6 Å². The summed E-state index contributed by atoms with van der Waals surface area (Å²) in [4.78, 5) is 20.2. The molecule has 2 aliphatic heterocycles. The minimum Gasteiger partial charge on any atom is -0.328 e. The fraction of sp³-hybridized carbons (Fsp3) is 0.870. The summed E-state index contributed by atoms with van der Waals surface area (Å²) >= 11 is 0. The van der Waals surface area contributed by atoms with Crippen molar-refractivity contribution in [1.82, 2.24) is 29.7 Å². The lowest BCUT2D eigenvalue weighted by atomic mass is 9.57. The van der Waals surface area contributed by atoms with Crippen molar-refractivity contribution >= 4 is 16.1 Å². The Balaban J connectivity index is 0.921. The number of nitrogens with zero attached hydrogens (tertiary/aromatic N) is 4. The summed E-state index contributed by atoms with van der Waals surface area (Å²) in [7, 11) is -3.26. The van der Waals surface area contributed by atoms with Gasteiger partial charge in [-0.3, -0.25) is 0 Å². The van der Waals surface area contributed by atoms with Gasteiger partial charge in [0.1, 0.15) is 11.6 Å². The molecule has 0 radical (unpaired) electrons. The molecule has 2 saturated heterocycles. The van der Waals surface area contributed by atoms with Gasteiger partial charge >= 0.3 is 6.03 Å². The minimum atomic E-state index is -3.26. The van der Waals surface area contributed by atoms with Gasteiger partial charge in [0.25, 0.3) is 0 Å². The van der Waals surface area contributed by atoms with Gasteiger partial charge in [-0.1, -0.05) is 20.8 Å². The topological polar surface area (TPSA) is 111 Å². The smallest absolute Gasteiger partial charge is 0.320 e. The van der Waals surface area contributed by atoms with Crippen LogP contribution in [-0.2, 0) is 10.0 Å². The van der Waals surface area contributed by atoms with Crippen LogP contribution in [0.1, 0.15) is 82.8 Å². The quantitative estimate of drug-likeness (QED) is 0.678. The number of rotatable bonds is 5. The molecule has 2 spiro atoms. The molecule has 2 amide bonds. The Bertz CT molecular complexity index is 1040. The Morgan fingerprint density at radius 2 is 1.48 bits per heavy atom. The monoisotopic (exact) mass is 476 g/mol. The van der Waals surface area contributed by atoms with Crippen molar-refractivity contribution in [1.29, 1.82) is 0 Å². The van der Waals surface area contributed by atoms with Gasteiger partial charge in [0.2, 0.25) is 10.0 Å². The molecular formula is C23H36N6O3S. The molecule has 2 N–H and O–H groups in total. The zero-order valence-electron chi connectivity index (χ0n) is 19.9. The maximum atomic E-state index is 12.9. The van der Waals surface area contributed by atoms with Gasteiger partial charge in [-0.15, -0.1) is 10.2 Å². The average Bonchev–Trinajstić information content (AvgIpc) is 3.29. The Hall–Kier alpha value is -1.68. The van der Waals surface area contributed by atoms with Crippen LogP contribution >= 0.6 is 0 Å². The molecule has 33 heavy (non-hydrogen) atoms. The van der Waals surface area contributed by atoms with E-state index in [-0.39, 0.29) is 34.1 Å². The van der Waals surface area contributed by atoms with Crippen LogP contribution in [0.3, 0.4) is 0 Å². The second-order valence-electron chi connectivity index (χ2n) is 13.0. The number of nitrogens with one attached hydrogen (secondary N) is 2. The lowest BCUT2D eigenvalue weighted by Gasteiger charge is -2.63. The largest absolute Gasteiger partial charge is 0.328 e. The van der Waals surface area contributed by atoms with Crippen LogP contribution in [0.4, 0.5) is 4.79 Å². The summed E-state index contributed by atoms with van der Waals surface area (Å²) < 4.78 is 27.5. The number of carbonyl (C=O) groups excluding carboxylic acids is 1. The van der Waals surface area contributed by atoms with Crippen LogP contribution in [0.5, 0.6) is 0 Å². The molecular weight excluding hydrogens is 440 g/mol. The van der Waals surface area contributed by atoms with Crippen molar-refractivity contribution in [2.24, 2.45) is 16.2 Å². The second kappa shape index (κ2) is 6.93. The summed E-state index contributed by atoms with van der Waals surface area (Å²) in [5, 5.41) is 8.68. The summed E-state index contributed by atoms with van der Waals surface area (Å²) in [6.45, 7) is 9.04. The number of hydrogen-bond donors (Lipinski definition) is 2. The fourth-order valence-corrected chi connectivity index (χ4v) is 8.54. The highest BCUT2D eigenvalue weighted by Gasteiger charge is 2.59. The van der Waals surface area contributed by atoms with E-state index in [2.05, 4.69) is 19.9 Å². The number of urea groups is 1. The van der Waals surface area contributed by atoms with E-state index in [4.69, 9.17) is 0 Å². The predicted molar refractivity (Wildman–Crippen MR) is 123 cm³/mol. The number of aromatic amines is 1. The number of carbonyl (C=O) groups is 1. The molecule has 5 fully saturated rings. The first kappa shape index (κ1) is 21.8. The van der Waals surface area contributed by atoms with E-state index in [0.717, 1.165) is 63.5 Å². The van der Waals surface area contributed by atoms with E-state index in [9.17, 15) is 13.2 Å². The van der Waals surface area contributed by atoms with Crippen molar-refractivity contribution in [3.63, 3.8) is 0 Å². The number of sulfonamides is 1. The van der Waals surface area contributed by atoms with Gasteiger partial charge in [0, 0.05) is 54.9 Å². The Morgan fingerprint density at radius 1 is 0.970 bits per heavy atom. The minimum absolute atomic E-state index is 0.0188. The molecule has 3 aliphatic carbocycles. The first-order valence-electron chi connectivity index (χ1n) is 12.4. The lowest BCUT2D eigenvalue weighted by Crippen LogP contribution is -2.72. The molecule has 0 atom stereocenters.